The van der Waals surface area contributed by atoms with E-state index in [0.29, 0.717) is 5.41 Å². The normalized spacial score (nSPS) is 45.0. The molecule has 0 atom stereocenters. The highest BCUT2D eigenvalue weighted by Crippen LogP contribution is 2.35. The Balaban J connectivity index is 1.94. The van der Waals surface area contributed by atoms with Crippen LogP contribution in [0.25, 0.3) is 0 Å². The Morgan fingerprint density at radius 3 is 2.45 bits per heavy atom. The van der Waals surface area contributed by atoms with Crippen molar-refractivity contribution in [3.05, 3.63) is 7.05 Å². The van der Waals surface area contributed by atoms with Crippen LogP contribution in [0, 0.1) is 12.5 Å². The topological polar surface area (TPSA) is 13.7 Å². The van der Waals surface area contributed by atoms with E-state index in [1.54, 1.807) is 0 Å². The van der Waals surface area contributed by atoms with Crippen molar-refractivity contribution in [3.63, 3.8) is 0 Å². The van der Waals surface area contributed by atoms with E-state index in [4.69, 9.17) is 4.74 Å². The van der Waals surface area contributed by atoms with Gasteiger partial charge in [-0.3, -0.25) is 0 Å². The molecule has 2 nitrogen and oxygen atoms in total. The number of rotatable bonds is 0. The van der Waals surface area contributed by atoms with E-state index in [1.807, 2.05) is 0 Å². The third-order valence-electron chi connectivity index (χ3n) is 3.20. The quantitative estimate of drug-likeness (QED) is 0.481. The Labute approximate surface area is 68.5 Å². The van der Waals surface area contributed by atoms with Gasteiger partial charge in [0.1, 0.15) is 0 Å². The summed E-state index contributed by atoms with van der Waals surface area (Å²) < 4.78 is 5.44. The van der Waals surface area contributed by atoms with E-state index >= 15 is 0 Å². The monoisotopic (exact) mass is 155 g/mol. The van der Waals surface area contributed by atoms with Gasteiger partial charge in [-0.25, -0.2) is 0 Å². The molecule has 1 spiro atoms. The van der Waals surface area contributed by atoms with E-state index in [0.717, 1.165) is 13.2 Å². The maximum absolute atomic E-state index is 5.44. The fourth-order valence-corrected chi connectivity index (χ4v) is 2.18. The summed E-state index contributed by atoms with van der Waals surface area (Å²) in [4.78, 5) is 1.45. The highest BCUT2D eigenvalue weighted by molar-refractivity contribution is 4.84. The predicted octanol–water partition coefficient (Wildman–Crippen LogP) is -0.137. The molecule has 0 aromatic carbocycles. The summed E-state index contributed by atoms with van der Waals surface area (Å²) >= 11 is 0. The number of nitrogens with one attached hydrogen (secondary N) is 1. The van der Waals surface area contributed by atoms with Gasteiger partial charge >= 0.3 is 0 Å². The second kappa shape index (κ2) is 2.76. The molecule has 0 aromatic heterocycles. The van der Waals surface area contributed by atoms with Gasteiger partial charge in [-0.2, -0.15) is 7.05 Å². The van der Waals surface area contributed by atoms with E-state index in [1.165, 1.54) is 37.3 Å². The Bertz CT molecular complexity index is 130. The highest BCUT2D eigenvalue weighted by Gasteiger charge is 2.37. The van der Waals surface area contributed by atoms with Crippen molar-refractivity contribution < 1.29 is 9.64 Å². The molecule has 0 saturated carbocycles. The van der Waals surface area contributed by atoms with Crippen LogP contribution in [0.4, 0.5) is 0 Å². The van der Waals surface area contributed by atoms with E-state index in [9.17, 15) is 0 Å². The number of hydrogen-bond acceptors (Lipinski definition) is 1. The van der Waals surface area contributed by atoms with Crippen molar-refractivity contribution in [1.29, 1.82) is 0 Å². The lowest BCUT2D eigenvalue weighted by atomic mass is 9.78. The number of ether oxygens (including phenoxy) is 1. The van der Waals surface area contributed by atoms with Crippen LogP contribution in [0.5, 0.6) is 0 Å². The van der Waals surface area contributed by atoms with Gasteiger partial charge in [0, 0.05) is 24.9 Å². The maximum atomic E-state index is 5.44. The molecule has 1 N–H and O–H groups in total. The molecule has 0 aliphatic carbocycles. The third-order valence-corrected chi connectivity index (χ3v) is 3.20. The van der Waals surface area contributed by atoms with Gasteiger partial charge in [-0.05, 0) is 6.42 Å². The van der Waals surface area contributed by atoms with Gasteiger partial charge < -0.3 is 9.64 Å². The number of likely N-dealkylation sites (tertiary alicyclic amines) is 1. The SMILES string of the molecule is [CH2-][NH+]1CCC2(CCOC2)CC1. The first-order valence-corrected chi connectivity index (χ1v) is 4.55. The Morgan fingerprint density at radius 1 is 1.18 bits per heavy atom. The molecule has 0 bridgehead atoms. The summed E-state index contributed by atoms with van der Waals surface area (Å²) in [6, 6.07) is 0. The summed E-state index contributed by atoms with van der Waals surface area (Å²) in [7, 11) is 4.03. The lowest BCUT2D eigenvalue weighted by molar-refractivity contribution is -0.862. The Morgan fingerprint density at radius 2 is 1.91 bits per heavy atom. The van der Waals surface area contributed by atoms with Crippen molar-refractivity contribution in [2.24, 2.45) is 5.41 Å². The number of piperidine rings is 1. The van der Waals surface area contributed by atoms with Crippen LogP contribution in [-0.4, -0.2) is 26.3 Å². The van der Waals surface area contributed by atoms with Crippen molar-refractivity contribution in [2.45, 2.75) is 19.3 Å². The maximum Gasteiger partial charge on any atom is 0.0536 e. The molecule has 2 fully saturated rings. The molecule has 2 heteroatoms. The fraction of sp³-hybridized carbons (Fsp3) is 0.889. The second-order valence-electron chi connectivity index (χ2n) is 4.05. The zero-order valence-electron chi connectivity index (χ0n) is 7.07. The molecule has 0 amide bonds. The molecule has 2 saturated heterocycles. The molecule has 2 rings (SSSR count). The van der Waals surface area contributed by atoms with Gasteiger partial charge in [0.05, 0.1) is 19.7 Å². The standard InChI is InChI=1S/C9H17NO/c1-10-5-2-9(3-6-10)4-7-11-8-9/h10H,1-8H2. The minimum atomic E-state index is 0.571. The van der Waals surface area contributed by atoms with E-state index in [2.05, 4.69) is 7.05 Å². The van der Waals surface area contributed by atoms with E-state index in [-0.39, 0.29) is 0 Å². The second-order valence-corrected chi connectivity index (χ2v) is 4.05. The van der Waals surface area contributed by atoms with Gasteiger partial charge in [-0.1, -0.05) is 0 Å². The van der Waals surface area contributed by atoms with Crippen LogP contribution in [0.3, 0.4) is 0 Å². The zero-order chi connectivity index (χ0) is 7.73. The highest BCUT2D eigenvalue weighted by atomic mass is 16.5. The van der Waals surface area contributed by atoms with Crippen LogP contribution in [0.2, 0.25) is 0 Å². The minimum absolute atomic E-state index is 0.571. The van der Waals surface area contributed by atoms with Gasteiger partial charge in [0.25, 0.3) is 0 Å². The first-order valence-electron chi connectivity index (χ1n) is 4.55. The average molecular weight is 155 g/mol. The van der Waals surface area contributed by atoms with Crippen molar-refractivity contribution in [1.82, 2.24) is 0 Å². The third kappa shape index (κ3) is 1.42. The van der Waals surface area contributed by atoms with Crippen LogP contribution < -0.4 is 4.90 Å². The predicted molar refractivity (Wildman–Crippen MR) is 43.2 cm³/mol. The zero-order valence-corrected chi connectivity index (χ0v) is 7.07. The van der Waals surface area contributed by atoms with Gasteiger partial charge in [0.2, 0.25) is 0 Å². The van der Waals surface area contributed by atoms with Crippen LogP contribution >= 0.6 is 0 Å². The summed E-state index contributed by atoms with van der Waals surface area (Å²) in [5.41, 5.74) is 0.571. The lowest BCUT2D eigenvalue weighted by Gasteiger charge is -2.37. The van der Waals surface area contributed by atoms with Crippen LogP contribution in [-0.2, 0) is 4.74 Å². The molecule has 0 unspecified atom stereocenters. The largest absolute Gasteiger partial charge is 0.468 e. The average Bonchev–Trinajstić information content (AvgIpc) is 2.45. The number of quaternary nitrogens is 1. The summed E-state index contributed by atoms with van der Waals surface area (Å²) in [6.07, 6.45) is 3.94. The summed E-state index contributed by atoms with van der Waals surface area (Å²) in [6.45, 7) is 4.49. The lowest BCUT2D eigenvalue weighted by Crippen LogP contribution is -3.08. The first-order chi connectivity index (χ1) is 5.31. The summed E-state index contributed by atoms with van der Waals surface area (Å²) in [5, 5.41) is 0. The Hall–Kier alpha value is -0.0800. The molecule has 0 radical (unpaired) electrons. The fourth-order valence-electron chi connectivity index (χ4n) is 2.18. The Kier molecular flexibility index (Phi) is 1.90. The number of hydrogen-bond donors (Lipinski definition) is 1. The van der Waals surface area contributed by atoms with Crippen LogP contribution in [0.1, 0.15) is 19.3 Å². The van der Waals surface area contributed by atoms with Crippen molar-refractivity contribution in [3.8, 4) is 0 Å². The minimum Gasteiger partial charge on any atom is -0.468 e. The summed E-state index contributed by atoms with van der Waals surface area (Å²) in [5.74, 6) is 0. The molecular formula is C9H17NO. The van der Waals surface area contributed by atoms with Crippen molar-refractivity contribution >= 4 is 0 Å². The van der Waals surface area contributed by atoms with Crippen LogP contribution in [0.15, 0.2) is 0 Å². The molecular weight excluding hydrogens is 138 g/mol. The van der Waals surface area contributed by atoms with Crippen molar-refractivity contribution in [2.75, 3.05) is 26.3 Å². The molecule has 11 heavy (non-hydrogen) atoms. The molecule has 2 aliphatic rings. The smallest absolute Gasteiger partial charge is 0.0536 e. The van der Waals surface area contributed by atoms with E-state index < -0.39 is 0 Å². The molecule has 0 aromatic rings. The first kappa shape index (κ1) is 7.56. The molecule has 2 heterocycles. The molecule has 2 aliphatic heterocycles. The van der Waals surface area contributed by atoms with Gasteiger partial charge in [-0.15, -0.1) is 0 Å². The molecule has 64 valence electrons. The van der Waals surface area contributed by atoms with Gasteiger partial charge in [0.15, 0.2) is 0 Å².